The molecule has 0 aliphatic rings. The number of ether oxygens (including phenoxy) is 1. The number of halogens is 3. The minimum atomic E-state index is -4.92. The van der Waals surface area contributed by atoms with Gasteiger partial charge in [0.25, 0.3) is 11.1 Å². The number of nitro groups is 1. The van der Waals surface area contributed by atoms with Crippen molar-refractivity contribution in [3.05, 3.63) is 39.4 Å². The second-order valence-electron chi connectivity index (χ2n) is 8.50. The van der Waals surface area contributed by atoms with Crippen molar-refractivity contribution in [2.75, 3.05) is 32.2 Å². The SMILES string of the molecule is CC(CCNc1nc(S(C)(=O)=O)nc(Oc2cc(C(=O)N(C)C)cc(C(F)(F)F)c2)c1[N+](=O)[O-])CC(=O)O. The number of amides is 1. The van der Waals surface area contributed by atoms with Gasteiger partial charge in [0.1, 0.15) is 5.75 Å². The highest BCUT2D eigenvalue weighted by Crippen LogP contribution is 2.38. The van der Waals surface area contributed by atoms with Gasteiger partial charge in [-0.3, -0.25) is 19.7 Å². The number of rotatable bonds is 11. The summed E-state index contributed by atoms with van der Waals surface area (Å²) in [5.41, 5.74) is -2.74. The molecule has 1 amide bonds. The summed E-state index contributed by atoms with van der Waals surface area (Å²) in [7, 11) is -1.59. The van der Waals surface area contributed by atoms with Crippen molar-refractivity contribution < 1.29 is 45.9 Å². The Balaban J connectivity index is 2.63. The number of benzene rings is 1. The number of nitrogens with zero attached hydrogens (tertiary/aromatic N) is 4. The first-order valence-corrected chi connectivity index (χ1v) is 12.6. The van der Waals surface area contributed by atoms with Gasteiger partial charge in [0.05, 0.1) is 10.5 Å². The van der Waals surface area contributed by atoms with Crippen molar-refractivity contribution >= 4 is 33.2 Å². The van der Waals surface area contributed by atoms with Gasteiger partial charge in [-0.1, -0.05) is 6.92 Å². The highest BCUT2D eigenvalue weighted by Gasteiger charge is 2.34. The molecule has 2 rings (SSSR count). The molecule has 0 fully saturated rings. The molecule has 1 aromatic heterocycles. The monoisotopic (exact) mass is 563 g/mol. The minimum Gasteiger partial charge on any atom is -0.481 e. The van der Waals surface area contributed by atoms with Crippen LogP contribution in [0.1, 0.15) is 35.7 Å². The number of nitrogens with one attached hydrogen (secondary N) is 1. The first kappa shape index (κ1) is 30.2. The van der Waals surface area contributed by atoms with E-state index < -0.39 is 72.2 Å². The Morgan fingerprint density at radius 3 is 2.37 bits per heavy atom. The fourth-order valence-electron chi connectivity index (χ4n) is 3.09. The molecule has 0 saturated heterocycles. The molecule has 0 aliphatic carbocycles. The molecule has 38 heavy (non-hydrogen) atoms. The van der Waals surface area contributed by atoms with E-state index in [-0.39, 0.29) is 25.3 Å². The van der Waals surface area contributed by atoms with Crippen LogP contribution < -0.4 is 10.1 Å². The predicted octanol–water partition coefficient (Wildman–Crippen LogP) is 3.21. The van der Waals surface area contributed by atoms with Gasteiger partial charge in [0.15, 0.2) is 0 Å². The van der Waals surface area contributed by atoms with Gasteiger partial charge in [0.2, 0.25) is 15.7 Å². The molecule has 17 heteroatoms. The van der Waals surface area contributed by atoms with E-state index in [2.05, 4.69) is 15.3 Å². The molecule has 1 atom stereocenters. The molecule has 1 unspecified atom stereocenters. The first-order valence-electron chi connectivity index (χ1n) is 10.7. The largest absolute Gasteiger partial charge is 0.481 e. The van der Waals surface area contributed by atoms with E-state index in [1.807, 2.05) is 0 Å². The van der Waals surface area contributed by atoms with Gasteiger partial charge in [-0.2, -0.15) is 23.1 Å². The lowest BCUT2D eigenvalue weighted by molar-refractivity contribution is -0.385. The minimum absolute atomic E-state index is 0.0695. The fraction of sp³-hybridized carbons (Fsp3) is 0.429. The number of sulfone groups is 1. The normalized spacial score (nSPS) is 12.5. The number of aromatic nitrogens is 2. The van der Waals surface area contributed by atoms with Crippen molar-refractivity contribution in [3.8, 4) is 11.6 Å². The van der Waals surface area contributed by atoms with E-state index in [1.165, 1.54) is 14.1 Å². The van der Waals surface area contributed by atoms with E-state index in [9.17, 15) is 41.3 Å². The maximum Gasteiger partial charge on any atom is 0.416 e. The van der Waals surface area contributed by atoms with Crippen LogP contribution in [0.4, 0.5) is 24.7 Å². The average Bonchev–Trinajstić information content (AvgIpc) is 2.76. The van der Waals surface area contributed by atoms with E-state index in [1.54, 1.807) is 6.92 Å². The summed E-state index contributed by atoms with van der Waals surface area (Å²) in [6, 6.07) is 1.93. The summed E-state index contributed by atoms with van der Waals surface area (Å²) in [6.45, 7) is 1.54. The number of anilines is 1. The quantitative estimate of drug-likeness (QED) is 0.233. The number of aliphatic carboxylic acids is 1. The van der Waals surface area contributed by atoms with Crippen molar-refractivity contribution in [3.63, 3.8) is 0 Å². The Morgan fingerprint density at radius 1 is 1.24 bits per heavy atom. The van der Waals surface area contributed by atoms with Crippen LogP contribution in [0.15, 0.2) is 23.4 Å². The van der Waals surface area contributed by atoms with E-state index in [0.29, 0.717) is 18.4 Å². The van der Waals surface area contributed by atoms with E-state index in [4.69, 9.17) is 9.84 Å². The number of carboxylic acid groups (broad SMARTS) is 1. The first-order chi connectivity index (χ1) is 17.4. The van der Waals surface area contributed by atoms with Crippen LogP contribution in [-0.4, -0.2) is 72.1 Å². The Bertz CT molecular complexity index is 1350. The van der Waals surface area contributed by atoms with Gasteiger partial charge >= 0.3 is 23.7 Å². The molecule has 1 aromatic carbocycles. The fourth-order valence-corrected chi connectivity index (χ4v) is 3.60. The zero-order valence-electron chi connectivity index (χ0n) is 20.6. The van der Waals surface area contributed by atoms with Crippen LogP contribution in [-0.2, 0) is 20.8 Å². The highest BCUT2D eigenvalue weighted by atomic mass is 32.2. The van der Waals surface area contributed by atoms with Crippen molar-refractivity contribution in [1.29, 1.82) is 0 Å². The van der Waals surface area contributed by atoms with Gasteiger partial charge in [0, 0.05) is 38.9 Å². The number of hydrogen-bond acceptors (Lipinski definition) is 10. The molecule has 0 aliphatic heterocycles. The predicted molar refractivity (Wildman–Crippen MR) is 126 cm³/mol. The number of carboxylic acids is 1. The lowest BCUT2D eigenvalue weighted by atomic mass is 10.0. The Morgan fingerprint density at radius 2 is 1.87 bits per heavy atom. The van der Waals surface area contributed by atoms with Gasteiger partial charge in [-0.15, -0.1) is 0 Å². The molecule has 0 spiro atoms. The van der Waals surface area contributed by atoms with Crippen LogP contribution >= 0.6 is 0 Å². The summed E-state index contributed by atoms with van der Waals surface area (Å²) < 4.78 is 70.0. The topological polar surface area (TPSA) is 182 Å². The number of alkyl halides is 3. The van der Waals surface area contributed by atoms with Gasteiger partial charge < -0.3 is 20.1 Å². The average molecular weight is 564 g/mol. The molecule has 1 heterocycles. The Hall–Kier alpha value is -4.02. The zero-order chi connectivity index (χ0) is 29.0. The molecule has 0 radical (unpaired) electrons. The third-order valence-electron chi connectivity index (χ3n) is 4.90. The highest BCUT2D eigenvalue weighted by molar-refractivity contribution is 7.90. The van der Waals surface area contributed by atoms with Crippen LogP contribution in [0, 0.1) is 16.0 Å². The molecular weight excluding hydrogens is 539 g/mol. The Labute approximate surface area is 214 Å². The maximum atomic E-state index is 13.5. The molecule has 0 bridgehead atoms. The summed E-state index contributed by atoms with van der Waals surface area (Å²) in [6.07, 6.45) is -4.22. The summed E-state index contributed by atoms with van der Waals surface area (Å²) in [5, 5.41) is 22.4. The van der Waals surface area contributed by atoms with Crippen molar-refractivity contribution in [2.24, 2.45) is 5.92 Å². The summed E-state index contributed by atoms with van der Waals surface area (Å²) in [5.74, 6) is -4.52. The van der Waals surface area contributed by atoms with Crippen LogP contribution in [0.5, 0.6) is 11.6 Å². The molecule has 2 aromatic rings. The standard InChI is InChI=1S/C21H24F3N5O8S/c1-11(7-15(30)31)5-6-25-17-16(29(33)34)18(27-20(26-17)38(4,35)36)37-14-9-12(19(32)28(2)3)8-13(10-14)21(22,23)24/h8-11H,5-7H2,1-4H3,(H,30,31)(H,25,26,27). The van der Waals surface area contributed by atoms with E-state index >= 15 is 0 Å². The van der Waals surface area contributed by atoms with Gasteiger partial charge in [-0.25, -0.2) is 8.42 Å². The lowest BCUT2D eigenvalue weighted by Gasteiger charge is -2.16. The van der Waals surface area contributed by atoms with Crippen LogP contribution in [0.3, 0.4) is 0 Å². The molecule has 208 valence electrons. The lowest BCUT2D eigenvalue weighted by Crippen LogP contribution is -2.22. The smallest absolute Gasteiger partial charge is 0.416 e. The zero-order valence-corrected chi connectivity index (χ0v) is 21.4. The number of hydrogen-bond donors (Lipinski definition) is 2. The third kappa shape index (κ3) is 7.99. The summed E-state index contributed by atoms with van der Waals surface area (Å²) >= 11 is 0. The van der Waals surface area contributed by atoms with E-state index in [0.717, 1.165) is 11.0 Å². The molecule has 2 N–H and O–H groups in total. The second-order valence-corrected chi connectivity index (χ2v) is 10.4. The molecular formula is C21H24F3N5O8S. The maximum absolute atomic E-state index is 13.5. The molecule has 0 saturated carbocycles. The van der Waals surface area contributed by atoms with Gasteiger partial charge in [-0.05, 0) is 30.5 Å². The van der Waals surface area contributed by atoms with Crippen LogP contribution in [0.2, 0.25) is 0 Å². The summed E-state index contributed by atoms with van der Waals surface area (Å²) in [4.78, 5) is 42.2. The number of carbonyl (C=O) groups excluding carboxylic acids is 1. The number of carbonyl (C=O) groups is 2. The van der Waals surface area contributed by atoms with Crippen molar-refractivity contribution in [2.45, 2.75) is 31.1 Å². The Kier molecular flexibility index (Phi) is 9.20. The second kappa shape index (κ2) is 11.6. The van der Waals surface area contributed by atoms with Crippen LogP contribution in [0.25, 0.3) is 0 Å². The molecule has 13 nitrogen and oxygen atoms in total. The van der Waals surface area contributed by atoms with Crippen molar-refractivity contribution in [1.82, 2.24) is 14.9 Å². The third-order valence-corrected chi connectivity index (χ3v) is 5.75.